The van der Waals surface area contributed by atoms with E-state index in [1.807, 2.05) is 12.1 Å². The maximum atomic E-state index is 6.04. The molecular weight excluding hydrogens is 354 g/mol. The molecule has 0 aromatic heterocycles. The van der Waals surface area contributed by atoms with Gasteiger partial charge in [-0.05, 0) is 46.7 Å². The molecule has 0 radical (unpaired) electrons. The summed E-state index contributed by atoms with van der Waals surface area (Å²) in [6.45, 7) is 4.29. The van der Waals surface area contributed by atoms with Gasteiger partial charge in [0.15, 0.2) is 8.07 Å². The fourth-order valence-electron chi connectivity index (χ4n) is 4.03. The standard InChI is InChI=1S/C26H25NSi/c1-20-8-14-24(15-9-20)28(23-6-4-3-5-7-23,25-16-10-21(2)11-17-25)26-18-12-22(27)13-19-26/h3-19H,27H2,1-2H3. The molecular formula is C26H25NSi. The van der Waals surface area contributed by atoms with Crippen molar-refractivity contribution in [2.24, 2.45) is 0 Å². The lowest BCUT2D eigenvalue weighted by Crippen LogP contribution is -2.74. The van der Waals surface area contributed by atoms with E-state index in [0.29, 0.717) is 0 Å². The second-order valence-electron chi connectivity index (χ2n) is 7.47. The Morgan fingerprint density at radius 3 is 1.25 bits per heavy atom. The van der Waals surface area contributed by atoms with Crippen molar-refractivity contribution in [3.8, 4) is 0 Å². The van der Waals surface area contributed by atoms with Gasteiger partial charge < -0.3 is 5.73 Å². The lowest BCUT2D eigenvalue weighted by Gasteiger charge is -2.34. The summed E-state index contributed by atoms with van der Waals surface area (Å²) in [6.07, 6.45) is 0. The van der Waals surface area contributed by atoms with Crippen molar-refractivity contribution in [3.05, 3.63) is 114 Å². The molecule has 0 amide bonds. The molecule has 0 spiro atoms. The highest BCUT2D eigenvalue weighted by Gasteiger charge is 2.41. The molecule has 28 heavy (non-hydrogen) atoms. The van der Waals surface area contributed by atoms with Crippen LogP contribution in [0.1, 0.15) is 11.1 Å². The number of nitrogens with two attached hydrogens (primary N) is 1. The van der Waals surface area contributed by atoms with E-state index in [2.05, 4.69) is 105 Å². The Bertz CT molecular complexity index is 939. The molecule has 0 aliphatic rings. The smallest absolute Gasteiger partial charge is 0.179 e. The van der Waals surface area contributed by atoms with Gasteiger partial charge in [0.1, 0.15) is 0 Å². The van der Waals surface area contributed by atoms with Crippen LogP contribution < -0.4 is 26.5 Å². The van der Waals surface area contributed by atoms with Crippen LogP contribution in [0.3, 0.4) is 0 Å². The molecule has 0 unspecified atom stereocenters. The van der Waals surface area contributed by atoms with Gasteiger partial charge in [-0.2, -0.15) is 0 Å². The first-order valence-electron chi connectivity index (χ1n) is 9.66. The zero-order valence-electron chi connectivity index (χ0n) is 16.4. The van der Waals surface area contributed by atoms with E-state index in [-0.39, 0.29) is 0 Å². The van der Waals surface area contributed by atoms with Crippen LogP contribution in [-0.2, 0) is 0 Å². The average Bonchev–Trinajstić information content (AvgIpc) is 2.73. The van der Waals surface area contributed by atoms with Crippen molar-refractivity contribution >= 4 is 34.5 Å². The van der Waals surface area contributed by atoms with Gasteiger partial charge in [0.05, 0.1) is 0 Å². The Balaban J connectivity index is 2.11. The molecule has 4 aromatic carbocycles. The number of hydrogen-bond acceptors (Lipinski definition) is 1. The van der Waals surface area contributed by atoms with Crippen molar-refractivity contribution in [1.29, 1.82) is 0 Å². The van der Waals surface area contributed by atoms with Gasteiger partial charge in [-0.3, -0.25) is 0 Å². The van der Waals surface area contributed by atoms with Crippen LogP contribution in [0.2, 0.25) is 0 Å². The number of aryl methyl sites for hydroxylation is 2. The van der Waals surface area contributed by atoms with Gasteiger partial charge in [-0.15, -0.1) is 0 Å². The monoisotopic (exact) mass is 379 g/mol. The minimum atomic E-state index is -2.42. The highest BCUT2D eigenvalue weighted by Crippen LogP contribution is 2.12. The first-order valence-corrected chi connectivity index (χ1v) is 11.7. The van der Waals surface area contributed by atoms with Crippen molar-refractivity contribution in [2.45, 2.75) is 13.8 Å². The lowest BCUT2D eigenvalue weighted by molar-refractivity contribution is 1.48. The van der Waals surface area contributed by atoms with E-state index in [0.717, 1.165) is 5.69 Å². The van der Waals surface area contributed by atoms with Gasteiger partial charge in [-0.25, -0.2) is 0 Å². The van der Waals surface area contributed by atoms with E-state index < -0.39 is 8.07 Å². The number of hydrogen-bond donors (Lipinski definition) is 1. The topological polar surface area (TPSA) is 26.0 Å². The predicted octanol–water partition coefficient (Wildman–Crippen LogP) is 3.26. The molecule has 0 fully saturated rings. The molecule has 0 atom stereocenters. The van der Waals surface area contributed by atoms with Crippen molar-refractivity contribution in [3.63, 3.8) is 0 Å². The van der Waals surface area contributed by atoms with E-state index in [9.17, 15) is 0 Å². The molecule has 0 saturated carbocycles. The van der Waals surface area contributed by atoms with Crippen LogP contribution in [0, 0.1) is 13.8 Å². The molecule has 4 aromatic rings. The van der Waals surface area contributed by atoms with Gasteiger partial charge in [0, 0.05) is 5.69 Å². The third-order valence-corrected chi connectivity index (χ3v) is 10.3. The summed E-state index contributed by atoms with van der Waals surface area (Å²) in [5, 5.41) is 5.50. The predicted molar refractivity (Wildman–Crippen MR) is 124 cm³/mol. The minimum Gasteiger partial charge on any atom is -0.399 e. The van der Waals surface area contributed by atoms with E-state index in [1.54, 1.807) is 0 Å². The normalized spacial score (nSPS) is 11.4. The third kappa shape index (κ3) is 3.16. The maximum absolute atomic E-state index is 6.04. The molecule has 2 N–H and O–H groups in total. The largest absolute Gasteiger partial charge is 0.399 e. The number of benzene rings is 4. The second-order valence-corrected chi connectivity index (χ2v) is 11.3. The van der Waals surface area contributed by atoms with Crippen molar-refractivity contribution < 1.29 is 0 Å². The number of anilines is 1. The van der Waals surface area contributed by atoms with Gasteiger partial charge in [0.25, 0.3) is 0 Å². The van der Waals surface area contributed by atoms with Gasteiger partial charge >= 0.3 is 0 Å². The average molecular weight is 380 g/mol. The summed E-state index contributed by atoms with van der Waals surface area (Å²) in [5.41, 5.74) is 9.40. The first kappa shape index (κ1) is 18.3. The molecule has 0 bridgehead atoms. The first-order chi connectivity index (χ1) is 13.6. The summed E-state index contributed by atoms with van der Waals surface area (Å²) < 4.78 is 0. The van der Waals surface area contributed by atoms with Gasteiger partial charge in [0.2, 0.25) is 0 Å². The highest BCUT2D eigenvalue weighted by molar-refractivity contribution is 7.19. The lowest BCUT2D eigenvalue weighted by atomic mass is 10.2. The Morgan fingerprint density at radius 1 is 0.464 bits per heavy atom. The molecule has 0 aliphatic carbocycles. The molecule has 2 heteroatoms. The number of rotatable bonds is 4. The Morgan fingerprint density at radius 2 is 0.821 bits per heavy atom. The van der Waals surface area contributed by atoms with Crippen LogP contribution in [0.5, 0.6) is 0 Å². The zero-order valence-corrected chi connectivity index (χ0v) is 17.4. The molecule has 0 heterocycles. The minimum absolute atomic E-state index is 0.799. The van der Waals surface area contributed by atoms with E-state index >= 15 is 0 Å². The van der Waals surface area contributed by atoms with Crippen LogP contribution in [0.4, 0.5) is 5.69 Å². The van der Waals surface area contributed by atoms with Crippen LogP contribution in [-0.4, -0.2) is 8.07 Å². The quantitative estimate of drug-likeness (QED) is 0.329. The second kappa shape index (κ2) is 7.49. The molecule has 0 saturated heterocycles. The third-order valence-electron chi connectivity index (χ3n) is 5.52. The number of nitrogen functional groups attached to an aromatic ring is 1. The van der Waals surface area contributed by atoms with E-state index in [4.69, 9.17) is 5.73 Å². The zero-order chi connectivity index (χ0) is 19.6. The SMILES string of the molecule is Cc1ccc([Si](c2ccccc2)(c2ccc(C)cc2)c2ccc(N)cc2)cc1. The van der Waals surface area contributed by atoms with Crippen LogP contribution in [0.15, 0.2) is 103 Å². The Kier molecular flexibility index (Phi) is 4.89. The molecule has 138 valence electrons. The summed E-state index contributed by atoms with van der Waals surface area (Å²) >= 11 is 0. The fourth-order valence-corrected chi connectivity index (χ4v) is 8.72. The summed E-state index contributed by atoms with van der Waals surface area (Å²) in [7, 11) is -2.42. The summed E-state index contributed by atoms with van der Waals surface area (Å²) in [4.78, 5) is 0. The Hall–Kier alpha value is -3.10. The van der Waals surface area contributed by atoms with Crippen LogP contribution in [0.25, 0.3) is 0 Å². The summed E-state index contributed by atoms with van der Waals surface area (Å²) in [5.74, 6) is 0. The molecule has 0 aliphatic heterocycles. The van der Waals surface area contributed by atoms with E-state index in [1.165, 1.54) is 31.9 Å². The molecule has 1 nitrogen and oxygen atoms in total. The maximum Gasteiger partial charge on any atom is 0.179 e. The Labute approximate surface area is 168 Å². The van der Waals surface area contributed by atoms with Crippen molar-refractivity contribution in [2.75, 3.05) is 5.73 Å². The summed E-state index contributed by atoms with van der Waals surface area (Å²) in [6, 6.07) is 37.6. The molecule has 4 rings (SSSR count). The van der Waals surface area contributed by atoms with Crippen LogP contribution >= 0.6 is 0 Å². The fraction of sp³-hybridized carbons (Fsp3) is 0.0769. The van der Waals surface area contributed by atoms with Gasteiger partial charge in [-0.1, -0.05) is 102 Å². The highest BCUT2D eigenvalue weighted by atomic mass is 28.3. The van der Waals surface area contributed by atoms with Crippen molar-refractivity contribution in [1.82, 2.24) is 0 Å².